The number of halogens is 4. The van der Waals surface area contributed by atoms with Crippen molar-refractivity contribution in [2.45, 2.75) is 31.9 Å². The van der Waals surface area contributed by atoms with E-state index in [4.69, 9.17) is 5.73 Å². The first-order valence-corrected chi connectivity index (χ1v) is 9.45. The Morgan fingerprint density at radius 3 is 2.58 bits per heavy atom. The van der Waals surface area contributed by atoms with Gasteiger partial charge < -0.3 is 5.73 Å². The number of nitrogen functional groups attached to an aromatic ring is 1. The van der Waals surface area contributed by atoms with Crippen molar-refractivity contribution in [2.75, 3.05) is 5.73 Å². The summed E-state index contributed by atoms with van der Waals surface area (Å²) >= 11 is 0. The zero-order valence-electron chi connectivity index (χ0n) is 16.5. The molecule has 2 N–H and O–H groups in total. The van der Waals surface area contributed by atoms with Crippen LogP contribution >= 0.6 is 0 Å². The van der Waals surface area contributed by atoms with Crippen molar-refractivity contribution in [3.05, 3.63) is 60.2 Å². The number of rotatable bonds is 5. The number of allylic oxidation sites excluding steroid dienone is 3. The molecule has 1 fully saturated rings. The molecule has 1 aliphatic carbocycles. The van der Waals surface area contributed by atoms with E-state index in [-0.39, 0.29) is 23.4 Å². The summed E-state index contributed by atoms with van der Waals surface area (Å²) in [6.45, 7) is 4.37. The standard InChI is InChI=1S/C21H18F4N6/c1-11(21(23,24)25)7-8-12(2)27-18-16(22)17(26)29-20(30-18)31-15-6-4-3-5-14(15)28-19(31)13-9-10-13/h3-8,13H,1,9-10H2,2H3,(H2,26,29,30)/b8-7-,27-12?. The number of nitrogens with zero attached hydrogens (tertiary/aromatic N) is 5. The van der Waals surface area contributed by atoms with Gasteiger partial charge in [-0.25, -0.2) is 9.98 Å². The molecule has 0 amide bonds. The maximum Gasteiger partial charge on any atom is 0.415 e. The number of imidazole rings is 1. The molecule has 2 heterocycles. The molecule has 0 spiro atoms. The average Bonchev–Trinajstić information content (AvgIpc) is 3.48. The van der Waals surface area contributed by atoms with E-state index in [1.165, 1.54) is 6.92 Å². The zero-order valence-corrected chi connectivity index (χ0v) is 16.5. The number of benzene rings is 1. The Morgan fingerprint density at radius 2 is 1.90 bits per heavy atom. The van der Waals surface area contributed by atoms with Crippen molar-refractivity contribution >= 4 is 28.4 Å². The number of hydrogen-bond donors (Lipinski definition) is 1. The lowest BCUT2D eigenvalue weighted by Crippen LogP contribution is -2.09. The number of anilines is 1. The van der Waals surface area contributed by atoms with Gasteiger partial charge in [0, 0.05) is 17.2 Å². The highest BCUT2D eigenvalue weighted by Crippen LogP contribution is 2.41. The third-order valence-electron chi connectivity index (χ3n) is 4.75. The fourth-order valence-corrected chi connectivity index (χ4v) is 3.00. The topological polar surface area (TPSA) is 82.0 Å². The number of para-hydroxylation sites is 2. The Hall–Kier alpha value is -3.56. The number of aliphatic imine (C=N–C) groups is 1. The highest BCUT2D eigenvalue weighted by molar-refractivity contribution is 5.95. The summed E-state index contributed by atoms with van der Waals surface area (Å²) in [5.41, 5.74) is 6.28. The van der Waals surface area contributed by atoms with Crippen LogP contribution in [-0.2, 0) is 0 Å². The van der Waals surface area contributed by atoms with Gasteiger partial charge in [-0.15, -0.1) is 0 Å². The molecule has 10 heteroatoms. The van der Waals surface area contributed by atoms with E-state index in [1.807, 2.05) is 24.3 Å². The Kier molecular flexibility index (Phi) is 5.08. The smallest absolute Gasteiger partial charge is 0.381 e. The first-order chi connectivity index (χ1) is 14.6. The predicted molar refractivity (Wildman–Crippen MR) is 110 cm³/mol. The quantitative estimate of drug-likeness (QED) is 0.343. The largest absolute Gasteiger partial charge is 0.415 e. The van der Waals surface area contributed by atoms with Crippen LogP contribution in [-0.4, -0.2) is 31.4 Å². The van der Waals surface area contributed by atoms with Crippen LogP contribution in [0.25, 0.3) is 17.0 Å². The molecular formula is C21H18F4N6. The van der Waals surface area contributed by atoms with Gasteiger partial charge in [-0.05, 0) is 44.1 Å². The molecule has 0 radical (unpaired) electrons. The molecule has 2 aromatic heterocycles. The van der Waals surface area contributed by atoms with E-state index < -0.39 is 23.4 Å². The zero-order chi connectivity index (χ0) is 22.3. The maximum atomic E-state index is 14.6. The molecular weight excluding hydrogens is 412 g/mol. The van der Waals surface area contributed by atoms with Crippen LogP contribution in [0, 0.1) is 5.82 Å². The normalized spacial score (nSPS) is 15.2. The van der Waals surface area contributed by atoms with Crippen LogP contribution in [0.15, 0.2) is 53.6 Å². The molecule has 160 valence electrons. The van der Waals surface area contributed by atoms with Crippen molar-refractivity contribution in [1.82, 2.24) is 19.5 Å². The van der Waals surface area contributed by atoms with Gasteiger partial charge in [0.2, 0.25) is 11.8 Å². The summed E-state index contributed by atoms with van der Waals surface area (Å²) in [5, 5.41) is 0. The molecule has 1 aromatic carbocycles. The fraction of sp³-hybridized carbons (Fsp3) is 0.238. The third-order valence-corrected chi connectivity index (χ3v) is 4.75. The van der Waals surface area contributed by atoms with Gasteiger partial charge in [-0.1, -0.05) is 18.7 Å². The highest BCUT2D eigenvalue weighted by atomic mass is 19.4. The van der Waals surface area contributed by atoms with E-state index >= 15 is 0 Å². The number of nitrogens with two attached hydrogens (primary N) is 1. The first kappa shape index (κ1) is 20.7. The summed E-state index contributed by atoms with van der Waals surface area (Å²) in [7, 11) is 0. The molecule has 6 nitrogen and oxygen atoms in total. The second-order valence-electron chi connectivity index (χ2n) is 7.22. The van der Waals surface area contributed by atoms with Gasteiger partial charge in [0.05, 0.1) is 11.0 Å². The molecule has 0 bridgehead atoms. The first-order valence-electron chi connectivity index (χ1n) is 9.45. The SMILES string of the molecule is C=C(/C=C\C(C)=Nc1nc(-n2c(C3CC3)nc3ccccc32)nc(N)c1F)C(F)(F)F. The van der Waals surface area contributed by atoms with Crippen molar-refractivity contribution in [1.29, 1.82) is 0 Å². The lowest BCUT2D eigenvalue weighted by Gasteiger charge is -2.09. The lowest BCUT2D eigenvalue weighted by atomic mass is 10.2. The summed E-state index contributed by atoms with van der Waals surface area (Å²) < 4.78 is 54.1. The van der Waals surface area contributed by atoms with Gasteiger partial charge in [0.25, 0.3) is 0 Å². The summed E-state index contributed by atoms with van der Waals surface area (Å²) in [6.07, 6.45) is -0.779. The monoisotopic (exact) mass is 430 g/mol. The lowest BCUT2D eigenvalue weighted by molar-refractivity contribution is -0.0878. The molecule has 0 unspecified atom stereocenters. The molecule has 1 saturated carbocycles. The Labute approximate surface area is 174 Å². The van der Waals surface area contributed by atoms with Gasteiger partial charge in [0.15, 0.2) is 11.6 Å². The van der Waals surface area contributed by atoms with Crippen molar-refractivity contribution < 1.29 is 17.6 Å². The number of alkyl halides is 3. The number of aromatic nitrogens is 4. The molecule has 4 rings (SSSR count). The van der Waals surface area contributed by atoms with Gasteiger partial charge in [0.1, 0.15) is 5.82 Å². The van der Waals surface area contributed by atoms with Crippen LogP contribution in [0.3, 0.4) is 0 Å². The minimum absolute atomic E-state index is 0.0891. The second-order valence-corrected chi connectivity index (χ2v) is 7.22. The van der Waals surface area contributed by atoms with Crippen LogP contribution in [0.4, 0.5) is 29.2 Å². The predicted octanol–water partition coefficient (Wildman–Crippen LogP) is 5.18. The minimum atomic E-state index is -4.56. The van der Waals surface area contributed by atoms with Crippen LogP contribution in [0.5, 0.6) is 0 Å². The van der Waals surface area contributed by atoms with Crippen molar-refractivity contribution in [2.24, 2.45) is 4.99 Å². The molecule has 1 aliphatic rings. The second kappa shape index (κ2) is 7.60. The van der Waals surface area contributed by atoms with Crippen molar-refractivity contribution in [3.63, 3.8) is 0 Å². The van der Waals surface area contributed by atoms with Crippen LogP contribution in [0.2, 0.25) is 0 Å². The van der Waals surface area contributed by atoms with Crippen LogP contribution < -0.4 is 5.73 Å². The molecule has 31 heavy (non-hydrogen) atoms. The van der Waals surface area contributed by atoms with Crippen molar-refractivity contribution in [3.8, 4) is 5.95 Å². The Balaban J connectivity index is 1.78. The maximum absolute atomic E-state index is 14.6. The van der Waals surface area contributed by atoms with E-state index in [0.29, 0.717) is 0 Å². The Morgan fingerprint density at radius 1 is 1.19 bits per heavy atom. The van der Waals surface area contributed by atoms with E-state index in [1.54, 1.807) is 4.57 Å². The van der Waals surface area contributed by atoms with Gasteiger partial charge >= 0.3 is 6.18 Å². The van der Waals surface area contributed by atoms with E-state index in [9.17, 15) is 17.6 Å². The summed E-state index contributed by atoms with van der Waals surface area (Å²) in [5.74, 6) is -0.651. The summed E-state index contributed by atoms with van der Waals surface area (Å²) in [4.78, 5) is 16.9. The highest BCUT2D eigenvalue weighted by Gasteiger charge is 2.31. The summed E-state index contributed by atoms with van der Waals surface area (Å²) in [6, 6.07) is 7.39. The average molecular weight is 430 g/mol. The molecule has 0 aliphatic heterocycles. The molecule has 0 atom stereocenters. The number of fused-ring (bicyclic) bond motifs is 1. The van der Waals surface area contributed by atoms with Gasteiger partial charge in [-0.3, -0.25) is 4.57 Å². The minimum Gasteiger partial charge on any atom is -0.381 e. The Bertz CT molecular complexity index is 1230. The molecule has 3 aromatic rings. The van der Waals surface area contributed by atoms with Crippen LogP contribution in [0.1, 0.15) is 31.5 Å². The molecule has 0 saturated heterocycles. The van der Waals surface area contributed by atoms with E-state index in [2.05, 4.69) is 26.5 Å². The van der Waals surface area contributed by atoms with E-state index in [0.717, 1.165) is 41.9 Å². The fourth-order valence-electron chi connectivity index (χ4n) is 3.00. The number of hydrogen-bond acceptors (Lipinski definition) is 5. The van der Waals surface area contributed by atoms with Gasteiger partial charge in [-0.2, -0.15) is 27.5 Å². The third kappa shape index (κ3) is 4.18.